The second-order valence-electron chi connectivity index (χ2n) is 8.07. The maximum atomic E-state index is 12.9. The number of carbonyl (C=O) groups excluding carboxylic acids is 1. The Bertz CT molecular complexity index is 658. The molecule has 5 nitrogen and oxygen atoms in total. The van der Waals surface area contributed by atoms with E-state index in [1.165, 1.54) is 6.20 Å². The van der Waals surface area contributed by atoms with Gasteiger partial charge in [-0.15, -0.1) is 0 Å². The number of hydrogen-bond donors (Lipinski definition) is 1. The Morgan fingerprint density at radius 2 is 1.85 bits per heavy atom. The van der Waals surface area contributed by atoms with Crippen LogP contribution in [0.15, 0.2) is 18.3 Å². The van der Waals surface area contributed by atoms with Gasteiger partial charge in [0, 0.05) is 31.0 Å². The van der Waals surface area contributed by atoms with Crippen molar-refractivity contribution >= 4 is 11.8 Å². The summed E-state index contributed by atoms with van der Waals surface area (Å²) >= 11 is 0. The smallest absolute Gasteiger partial charge is 0.433 e. The molecule has 1 aliphatic heterocycles. The number of rotatable bonds is 2. The van der Waals surface area contributed by atoms with E-state index in [4.69, 9.17) is 4.74 Å². The molecule has 1 saturated carbocycles. The third-order valence-corrected chi connectivity index (χ3v) is 4.92. The monoisotopic (exact) mass is 371 g/mol. The molecule has 1 aliphatic carbocycles. The third-order valence-electron chi connectivity index (χ3n) is 4.92. The van der Waals surface area contributed by atoms with Crippen LogP contribution in [0, 0.1) is 11.8 Å². The van der Waals surface area contributed by atoms with Gasteiger partial charge in [-0.05, 0) is 57.6 Å². The van der Waals surface area contributed by atoms with E-state index in [1.54, 1.807) is 6.07 Å². The van der Waals surface area contributed by atoms with Crippen molar-refractivity contribution in [1.82, 2.24) is 10.3 Å². The van der Waals surface area contributed by atoms with Gasteiger partial charge in [0.05, 0.1) is 0 Å². The lowest BCUT2D eigenvalue weighted by atomic mass is 9.92. The fourth-order valence-corrected chi connectivity index (χ4v) is 3.88. The van der Waals surface area contributed by atoms with Crippen molar-refractivity contribution in [2.75, 3.05) is 18.0 Å². The molecule has 2 unspecified atom stereocenters. The van der Waals surface area contributed by atoms with Crippen LogP contribution in [0.3, 0.4) is 0 Å². The fourth-order valence-electron chi connectivity index (χ4n) is 3.88. The van der Waals surface area contributed by atoms with Crippen LogP contribution in [0.25, 0.3) is 0 Å². The highest BCUT2D eigenvalue weighted by molar-refractivity contribution is 5.68. The number of nitrogens with one attached hydrogen (secondary N) is 1. The molecule has 2 heterocycles. The van der Waals surface area contributed by atoms with Gasteiger partial charge in [-0.1, -0.05) is 0 Å². The van der Waals surface area contributed by atoms with E-state index in [9.17, 15) is 18.0 Å². The average Bonchev–Trinajstić information content (AvgIpc) is 2.75. The number of anilines is 1. The number of amides is 1. The Morgan fingerprint density at radius 3 is 2.38 bits per heavy atom. The van der Waals surface area contributed by atoms with Crippen LogP contribution >= 0.6 is 0 Å². The molecule has 0 radical (unpaired) electrons. The van der Waals surface area contributed by atoms with Gasteiger partial charge in [0.25, 0.3) is 0 Å². The predicted molar refractivity (Wildman–Crippen MR) is 90.8 cm³/mol. The van der Waals surface area contributed by atoms with Crippen molar-refractivity contribution in [2.45, 2.75) is 51.4 Å². The van der Waals surface area contributed by atoms with Crippen molar-refractivity contribution in [3.8, 4) is 0 Å². The van der Waals surface area contributed by atoms with Crippen LogP contribution in [0.4, 0.5) is 23.7 Å². The second kappa shape index (κ2) is 6.63. The Hall–Kier alpha value is -1.99. The van der Waals surface area contributed by atoms with Crippen LogP contribution in [0.1, 0.15) is 39.3 Å². The highest BCUT2D eigenvalue weighted by Gasteiger charge is 2.43. The standard InChI is InChI=1S/C18H24F3N3O2/c1-17(2,3)26-16(25)23-15-11-4-5-12(15)10-24(9-11)13-6-7-22-14(8-13)18(19,20)21/h6-8,11-12,15H,4-5,9-10H2,1-3H3,(H,23,25)/t11-,12?,15?/m0/s1. The number of fused-ring (bicyclic) bond motifs is 2. The van der Waals surface area contributed by atoms with Crippen molar-refractivity contribution < 1.29 is 22.7 Å². The number of pyridine rings is 1. The number of alkyl carbamates (subject to hydrolysis) is 1. The molecular formula is C18H24F3N3O2. The summed E-state index contributed by atoms with van der Waals surface area (Å²) in [6.45, 7) is 6.65. The molecule has 1 aromatic rings. The summed E-state index contributed by atoms with van der Waals surface area (Å²) in [5.74, 6) is 0.396. The van der Waals surface area contributed by atoms with Crippen molar-refractivity contribution in [1.29, 1.82) is 0 Å². The Labute approximate surface area is 150 Å². The number of carbonyl (C=O) groups is 1. The van der Waals surface area contributed by atoms with Crippen LogP contribution in [0.5, 0.6) is 0 Å². The van der Waals surface area contributed by atoms with Gasteiger partial charge in [-0.2, -0.15) is 13.2 Å². The summed E-state index contributed by atoms with van der Waals surface area (Å²) in [6.07, 6.45) is -1.80. The van der Waals surface area contributed by atoms with Crippen LogP contribution in [-0.2, 0) is 10.9 Å². The lowest BCUT2D eigenvalue weighted by Gasteiger charge is -2.39. The number of nitrogens with zero attached hydrogens (tertiary/aromatic N) is 2. The molecule has 0 aromatic carbocycles. The van der Waals surface area contributed by atoms with Crippen molar-refractivity contribution in [2.24, 2.45) is 11.8 Å². The van der Waals surface area contributed by atoms with Crippen LogP contribution in [0.2, 0.25) is 0 Å². The van der Waals surface area contributed by atoms with Crippen LogP contribution in [-0.4, -0.2) is 35.8 Å². The maximum absolute atomic E-state index is 12.9. The number of piperidine rings is 1. The minimum absolute atomic E-state index is 0.00465. The predicted octanol–water partition coefficient (Wildman–Crippen LogP) is 3.84. The zero-order valence-corrected chi connectivity index (χ0v) is 15.1. The van der Waals surface area contributed by atoms with E-state index in [0.717, 1.165) is 18.9 Å². The maximum Gasteiger partial charge on any atom is 0.433 e. The summed E-state index contributed by atoms with van der Waals surface area (Å²) in [5.41, 5.74) is -0.911. The van der Waals surface area contributed by atoms with Gasteiger partial charge in [-0.3, -0.25) is 4.98 Å². The first-order valence-electron chi connectivity index (χ1n) is 8.80. The molecule has 26 heavy (non-hydrogen) atoms. The van der Waals surface area contributed by atoms with E-state index >= 15 is 0 Å². The average molecular weight is 371 g/mol. The topological polar surface area (TPSA) is 54.5 Å². The summed E-state index contributed by atoms with van der Waals surface area (Å²) in [6, 6.07) is 2.71. The number of alkyl halides is 3. The van der Waals surface area contributed by atoms with Gasteiger partial charge < -0.3 is 15.0 Å². The van der Waals surface area contributed by atoms with E-state index in [0.29, 0.717) is 18.8 Å². The van der Waals surface area contributed by atoms with Gasteiger partial charge in [-0.25, -0.2) is 4.79 Å². The molecule has 1 N–H and O–H groups in total. The quantitative estimate of drug-likeness (QED) is 0.858. The molecule has 8 heteroatoms. The molecule has 2 aliphatic rings. The minimum Gasteiger partial charge on any atom is -0.444 e. The van der Waals surface area contributed by atoms with Gasteiger partial charge in [0.1, 0.15) is 11.3 Å². The first kappa shape index (κ1) is 18.8. The number of aromatic nitrogens is 1. The Morgan fingerprint density at radius 1 is 1.23 bits per heavy atom. The molecule has 0 spiro atoms. The van der Waals surface area contributed by atoms with Crippen LogP contribution < -0.4 is 10.2 Å². The normalized spacial score (nSPS) is 25.9. The molecule has 1 saturated heterocycles. The Balaban J connectivity index is 1.68. The second-order valence-corrected chi connectivity index (χ2v) is 8.07. The zero-order valence-electron chi connectivity index (χ0n) is 15.1. The Kier molecular flexibility index (Phi) is 4.79. The highest BCUT2D eigenvalue weighted by atomic mass is 19.4. The lowest BCUT2D eigenvalue weighted by Crippen LogP contribution is -2.53. The summed E-state index contributed by atoms with van der Waals surface area (Å²) < 4.78 is 44.0. The highest BCUT2D eigenvalue weighted by Crippen LogP contribution is 2.39. The minimum atomic E-state index is -4.45. The summed E-state index contributed by atoms with van der Waals surface area (Å²) in [5, 5.41) is 2.96. The molecule has 1 amide bonds. The van der Waals surface area contributed by atoms with Gasteiger partial charge >= 0.3 is 12.3 Å². The molecule has 2 bridgehead atoms. The lowest BCUT2D eigenvalue weighted by molar-refractivity contribution is -0.141. The number of hydrogen-bond acceptors (Lipinski definition) is 4. The molecule has 2 fully saturated rings. The number of halogens is 3. The zero-order chi connectivity index (χ0) is 19.1. The third kappa shape index (κ3) is 4.22. The molecule has 3 rings (SSSR count). The van der Waals surface area contributed by atoms with Crippen molar-refractivity contribution in [3.63, 3.8) is 0 Å². The SMILES string of the molecule is CC(C)(C)OC(=O)NC1C2CC[C@H]1CN(c1ccnc(C(F)(F)F)c1)C2. The van der Waals surface area contributed by atoms with E-state index in [1.807, 2.05) is 25.7 Å². The number of ether oxygens (including phenoxy) is 1. The van der Waals surface area contributed by atoms with E-state index < -0.39 is 23.6 Å². The summed E-state index contributed by atoms with van der Waals surface area (Å²) in [7, 11) is 0. The first-order chi connectivity index (χ1) is 12.0. The summed E-state index contributed by atoms with van der Waals surface area (Å²) in [4.78, 5) is 17.5. The van der Waals surface area contributed by atoms with E-state index in [-0.39, 0.29) is 17.9 Å². The first-order valence-corrected chi connectivity index (χ1v) is 8.80. The molecule has 144 valence electrons. The van der Waals surface area contributed by atoms with Gasteiger partial charge in [0.15, 0.2) is 0 Å². The van der Waals surface area contributed by atoms with Gasteiger partial charge in [0.2, 0.25) is 0 Å². The molecule has 1 aromatic heterocycles. The van der Waals surface area contributed by atoms with Crippen molar-refractivity contribution in [3.05, 3.63) is 24.0 Å². The fraction of sp³-hybridized carbons (Fsp3) is 0.667. The molecular weight excluding hydrogens is 347 g/mol. The largest absolute Gasteiger partial charge is 0.444 e. The molecule has 3 atom stereocenters. The van der Waals surface area contributed by atoms with E-state index in [2.05, 4.69) is 10.3 Å².